The van der Waals surface area contributed by atoms with Gasteiger partial charge in [0.15, 0.2) is 0 Å². The van der Waals surface area contributed by atoms with Gasteiger partial charge in [0.05, 0.1) is 27.0 Å². The zero-order valence-corrected chi connectivity index (χ0v) is 19.6. The van der Waals surface area contributed by atoms with E-state index in [2.05, 4.69) is 21.0 Å². The topological polar surface area (TPSA) is 41.9 Å². The van der Waals surface area contributed by atoms with Crippen LogP contribution in [0.3, 0.4) is 0 Å². The number of carbonyl (C=O) groups excluding carboxylic acids is 1. The smallest absolute Gasteiger partial charge is 0.280 e. The van der Waals surface area contributed by atoms with Gasteiger partial charge < -0.3 is 4.74 Å². The van der Waals surface area contributed by atoms with Gasteiger partial charge in [-0.1, -0.05) is 69.5 Å². The van der Waals surface area contributed by atoms with Gasteiger partial charge in [0.2, 0.25) is 0 Å². The summed E-state index contributed by atoms with van der Waals surface area (Å²) in [6, 6.07) is 20.6. The number of hydrogen-bond donors (Lipinski definition) is 0. The molecule has 1 heterocycles. The molecule has 3 aromatic rings. The zero-order valence-electron chi connectivity index (χ0n) is 16.5. The average molecular weight is 516 g/mol. The van der Waals surface area contributed by atoms with E-state index < -0.39 is 0 Å². The first-order valence-electron chi connectivity index (χ1n) is 9.45. The third-order valence-electron chi connectivity index (χ3n) is 4.72. The minimum atomic E-state index is -0.245. The lowest BCUT2D eigenvalue weighted by atomic mass is 10.1. The van der Waals surface area contributed by atoms with Crippen molar-refractivity contribution >= 4 is 62.5 Å². The zero-order chi connectivity index (χ0) is 22.0. The van der Waals surface area contributed by atoms with Crippen LogP contribution in [0.1, 0.15) is 18.1 Å². The van der Waals surface area contributed by atoms with Crippen molar-refractivity contribution < 1.29 is 9.53 Å². The molecule has 3 aromatic carbocycles. The summed E-state index contributed by atoms with van der Waals surface area (Å²) in [5, 5.41) is 6.52. The molecule has 0 N–H and O–H groups in total. The summed E-state index contributed by atoms with van der Waals surface area (Å²) in [5.41, 5.74) is 3.47. The second-order valence-electron chi connectivity index (χ2n) is 6.92. The Morgan fingerprint density at radius 3 is 2.55 bits per heavy atom. The Bertz CT molecular complexity index is 1210. The fourth-order valence-electron chi connectivity index (χ4n) is 3.13. The molecule has 0 aromatic heterocycles. The second-order valence-corrected chi connectivity index (χ2v) is 8.65. The van der Waals surface area contributed by atoms with Gasteiger partial charge in [-0.05, 0) is 55.0 Å². The van der Waals surface area contributed by atoms with Gasteiger partial charge >= 0.3 is 0 Å². The molecule has 0 saturated carbocycles. The van der Waals surface area contributed by atoms with Gasteiger partial charge in [-0.25, -0.2) is 0 Å². The summed E-state index contributed by atoms with van der Waals surface area (Å²) in [4.78, 5) is 13.1. The normalized spacial score (nSPS) is 14.8. The highest BCUT2D eigenvalue weighted by molar-refractivity contribution is 9.10. The summed E-state index contributed by atoms with van der Waals surface area (Å²) in [7, 11) is 0. The van der Waals surface area contributed by atoms with Crippen molar-refractivity contribution in [2.24, 2.45) is 5.10 Å². The van der Waals surface area contributed by atoms with Crippen LogP contribution in [0.15, 0.2) is 81.9 Å². The molecule has 0 radical (unpaired) electrons. The largest absolute Gasteiger partial charge is 0.488 e. The van der Waals surface area contributed by atoms with Crippen LogP contribution in [0.2, 0.25) is 10.0 Å². The third kappa shape index (κ3) is 4.85. The molecular formula is C24H17BrCl2N2O2. The van der Waals surface area contributed by atoms with E-state index in [0.29, 0.717) is 39.4 Å². The number of rotatable bonds is 5. The van der Waals surface area contributed by atoms with Crippen LogP contribution in [-0.2, 0) is 11.4 Å². The third-order valence-corrected chi connectivity index (χ3v) is 5.95. The number of ether oxygens (including phenoxy) is 1. The molecule has 4 rings (SSSR count). The van der Waals surface area contributed by atoms with E-state index in [1.165, 1.54) is 5.01 Å². The molecule has 156 valence electrons. The minimum absolute atomic E-state index is 0.245. The number of hydrazone groups is 1. The van der Waals surface area contributed by atoms with E-state index in [1.807, 2.05) is 48.5 Å². The van der Waals surface area contributed by atoms with E-state index in [9.17, 15) is 4.79 Å². The van der Waals surface area contributed by atoms with Gasteiger partial charge in [-0.15, -0.1) is 0 Å². The Balaban J connectivity index is 1.63. The first-order valence-corrected chi connectivity index (χ1v) is 11.0. The molecule has 0 saturated heterocycles. The number of carbonyl (C=O) groups is 1. The van der Waals surface area contributed by atoms with Crippen molar-refractivity contribution in [3.63, 3.8) is 0 Å². The van der Waals surface area contributed by atoms with Crippen LogP contribution in [0.5, 0.6) is 5.75 Å². The van der Waals surface area contributed by atoms with Gasteiger partial charge in [0.1, 0.15) is 12.4 Å². The van der Waals surface area contributed by atoms with Crippen LogP contribution in [0, 0.1) is 0 Å². The maximum atomic E-state index is 13.1. The van der Waals surface area contributed by atoms with Gasteiger partial charge in [-0.3, -0.25) is 4.79 Å². The Morgan fingerprint density at radius 2 is 1.81 bits per heavy atom. The van der Waals surface area contributed by atoms with Crippen LogP contribution >= 0.6 is 39.1 Å². The van der Waals surface area contributed by atoms with Gasteiger partial charge in [0, 0.05) is 10.0 Å². The summed E-state index contributed by atoms with van der Waals surface area (Å²) in [6.45, 7) is 2.22. The maximum Gasteiger partial charge on any atom is 0.280 e. The van der Waals surface area contributed by atoms with Crippen molar-refractivity contribution in [2.75, 3.05) is 5.01 Å². The molecule has 1 aliphatic heterocycles. The van der Waals surface area contributed by atoms with Crippen molar-refractivity contribution in [2.45, 2.75) is 13.5 Å². The monoisotopic (exact) mass is 514 g/mol. The lowest BCUT2D eigenvalue weighted by molar-refractivity contribution is -0.114. The molecule has 1 amide bonds. The molecule has 0 unspecified atom stereocenters. The standard InChI is InChI=1S/C24H17BrCl2N2O2/c1-15-20(24(30)29(28-15)19-8-9-21(26)22(27)13-19)12-17-11-18(25)7-10-23(17)31-14-16-5-3-2-4-6-16/h2-13H,14H2,1H3/b20-12+. The molecule has 7 heteroatoms. The number of benzene rings is 3. The first kappa shape index (κ1) is 21.6. The fraction of sp³-hybridized carbons (Fsp3) is 0.0833. The SMILES string of the molecule is CC1=NN(c2ccc(Cl)c(Cl)c2)C(=O)/C1=C/c1cc(Br)ccc1OCc1ccccc1. The lowest BCUT2D eigenvalue weighted by Crippen LogP contribution is -2.21. The molecule has 0 aliphatic carbocycles. The van der Waals surface area contributed by atoms with Crippen LogP contribution < -0.4 is 9.75 Å². The van der Waals surface area contributed by atoms with Crippen LogP contribution in [0.25, 0.3) is 6.08 Å². The molecular weight excluding hydrogens is 499 g/mol. The Hall–Kier alpha value is -2.60. The van der Waals surface area contributed by atoms with Crippen LogP contribution in [0.4, 0.5) is 5.69 Å². The second kappa shape index (κ2) is 9.27. The summed E-state index contributed by atoms with van der Waals surface area (Å²) < 4.78 is 6.92. The predicted octanol–water partition coefficient (Wildman–Crippen LogP) is 7.14. The molecule has 31 heavy (non-hydrogen) atoms. The maximum absolute atomic E-state index is 13.1. The first-order chi connectivity index (χ1) is 14.9. The molecule has 0 bridgehead atoms. The average Bonchev–Trinajstić information content (AvgIpc) is 3.04. The highest BCUT2D eigenvalue weighted by Crippen LogP contribution is 2.32. The summed E-state index contributed by atoms with van der Waals surface area (Å²) in [5.74, 6) is 0.429. The Morgan fingerprint density at radius 1 is 1.03 bits per heavy atom. The van der Waals surface area contributed by atoms with E-state index in [0.717, 1.165) is 15.6 Å². The summed E-state index contributed by atoms with van der Waals surface area (Å²) >= 11 is 15.6. The van der Waals surface area contributed by atoms with E-state index >= 15 is 0 Å². The van der Waals surface area contributed by atoms with E-state index in [1.54, 1.807) is 31.2 Å². The number of anilines is 1. The van der Waals surface area contributed by atoms with Gasteiger partial charge in [-0.2, -0.15) is 10.1 Å². The Kier molecular flexibility index (Phi) is 6.46. The quantitative estimate of drug-likeness (QED) is 0.339. The molecule has 0 fully saturated rings. The van der Waals surface area contributed by atoms with Gasteiger partial charge in [0.25, 0.3) is 5.91 Å². The number of hydrogen-bond acceptors (Lipinski definition) is 3. The fourth-order valence-corrected chi connectivity index (χ4v) is 3.80. The molecule has 0 spiro atoms. The van der Waals surface area contributed by atoms with Crippen molar-refractivity contribution in [1.29, 1.82) is 0 Å². The molecule has 1 aliphatic rings. The number of amides is 1. The van der Waals surface area contributed by atoms with Crippen molar-refractivity contribution in [1.82, 2.24) is 0 Å². The highest BCUT2D eigenvalue weighted by Gasteiger charge is 2.29. The number of halogens is 3. The Labute approximate surface area is 198 Å². The highest BCUT2D eigenvalue weighted by atomic mass is 79.9. The molecule has 4 nitrogen and oxygen atoms in total. The summed E-state index contributed by atoms with van der Waals surface area (Å²) in [6.07, 6.45) is 1.80. The van der Waals surface area contributed by atoms with Crippen LogP contribution in [-0.4, -0.2) is 11.6 Å². The minimum Gasteiger partial charge on any atom is -0.488 e. The molecule has 0 atom stereocenters. The predicted molar refractivity (Wildman–Crippen MR) is 130 cm³/mol. The lowest BCUT2D eigenvalue weighted by Gasteiger charge is -2.13. The number of nitrogens with zero attached hydrogens (tertiary/aromatic N) is 2. The van der Waals surface area contributed by atoms with E-state index in [-0.39, 0.29) is 5.91 Å². The van der Waals surface area contributed by atoms with Crippen molar-refractivity contribution in [3.8, 4) is 5.75 Å². The van der Waals surface area contributed by atoms with Crippen molar-refractivity contribution in [3.05, 3.63) is 97.9 Å². The van der Waals surface area contributed by atoms with E-state index in [4.69, 9.17) is 27.9 Å².